The summed E-state index contributed by atoms with van der Waals surface area (Å²) in [5, 5.41) is 10.6. The van der Waals surface area contributed by atoms with Gasteiger partial charge in [0.1, 0.15) is 5.75 Å². The molecule has 1 aromatic carbocycles. The van der Waals surface area contributed by atoms with E-state index in [1.807, 2.05) is 6.92 Å². The van der Waals surface area contributed by atoms with Crippen LogP contribution in [-0.4, -0.2) is 67.3 Å². The molecule has 3 rings (SSSR count). The number of hydrogen-bond acceptors (Lipinski definition) is 6. The van der Waals surface area contributed by atoms with E-state index in [0.717, 1.165) is 37.0 Å². The molecule has 1 heterocycles. The molecule has 0 saturated heterocycles. The molecule has 1 unspecified atom stereocenters. The van der Waals surface area contributed by atoms with Crippen molar-refractivity contribution in [2.75, 3.05) is 45.8 Å². The van der Waals surface area contributed by atoms with Crippen LogP contribution in [0.4, 0.5) is 5.69 Å². The maximum absolute atomic E-state index is 13.4. The van der Waals surface area contributed by atoms with Gasteiger partial charge in [-0.1, -0.05) is 32.2 Å². The fourth-order valence-electron chi connectivity index (χ4n) is 4.18. The summed E-state index contributed by atoms with van der Waals surface area (Å²) < 4.78 is 6.01. The zero-order chi connectivity index (χ0) is 24.1. The first-order valence-corrected chi connectivity index (χ1v) is 11.4. The van der Waals surface area contributed by atoms with Gasteiger partial charge in [-0.3, -0.25) is 10.6 Å². The van der Waals surface area contributed by atoms with Crippen LogP contribution >= 0.6 is 0 Å². The second-order valence-corrected chi connectivity index (χ2v) is 8.91. The number of phenolic OH excluding ortho intramolecular Hbond substituents is 1. The zero-order valence-corrected chi connectivity index (χ0v) is 20.0. The summed E-state index contributed by atoms with van der Waals surface area (Å²) in [4.78, 5) is 17.3. The van der Waals surface area contributed by atoms with Crippen LogP contribution < -0.4 is 11.3 Å². The number of rotatable bonds is 10. The van der Waals surface area contributed by atoms with Crippen LogP contribution in [0.15, 0.2) is 54.2 Å². The van der Waals surface area contributed by atoms with Crippen LogP contribution in [-0.2, 0) is 4.74 Å². The fourth-order valence-corrected chi connectivity index (χ4v) is 4.18. The highest BCUT2D eigenvalue weighted by atomic mass is 16.5. The third kappa shape index (κ3) is 5.74. The first-order chi connectivity index (χ1) is 15.7. The largest absolute Gasteiger partial charge is 0.507 e. The first kappa shape index (κ1) is 24.8. The van der Waals surface area contributed by atoms with Crippen molar-refractivity contribution in [1.82, 2.24) is 9.80 Å². The van der Waals surface area contributed by atoms with Crippen LogP contribution in [0.3, 0.4) is 0 Å². The van der Waals surface area contributed by atoms with Crippen LogP contribution in [0.1, 0.15) is 42.1 Å². The number of nitrogens with two attached hydrogens (primary N) is 1. The lowest BCUT2D eigenvalue weighted by Crippen LogP contribution is -2.29. The van der Waals surface area contributed by atoms with E-state index in [1.54, 1.807) is 11.0 Å². The number of ether oxygens (including phenoxy) is 1. The quantitative estimate of drug-likeness (QED) is 0.217. The molecule has 1 atom stereocenters. The summed E-state index contributed by atoms with van der Waals surface area (Å²) in [7, 11) is 4.11. The fraction of sp³-hybridized carbons (Fsp3) is 0.423. The van der Waals surface area contributed by atoms with Gasteiger partial charge in [-0.2, -0.15) is 0 Å². The Bertz CT molecular complexity index is 993. The smallest absolute Gasteiger partial charge is 0.258 e. The predicted molar refractivity (Wildman–Crippen MR) is 134 cm³/mol. The lowest BCUT2D eigenvalue weighted by Gasteiger charge is -2.21. The number of allylic oxidation sites excluding steroid dienone is 2. The molecular formula is C26H36N4O3. The van der Waals surface area contributed by atoms with Gasteiger partial charge >= 0.3 is 0 Å². The third-order valence-electron chi connectivity index (χ3n) is 6.23. The Balaban J connectivity index is 1.69. The molecule has 33 heavy (non-hydrogen) atoms. The van der Waals surface area contributed by atoms with E-state index in [0.29, 0.717) is 36.5 Å². The minimum atomic E-state index is -0.224. The van der Waals surface area contributed by atoms with Crippen molar-refractivity contribution in [1.29, 1.82) is 0 Å². The predicted octanol–water partition coefficient (Wildman–Crippen LogP) is 3.71. The molecule has 7 nitrogen and oxygen atoms in total. The summed E-state index contributed by atoms with van der Waals surface area (Å²) in [6, 6.07) is 3.12. The van der Waals surface area contributed by atoms with Crippen molar-refractivity contribution >= 4 is 17.2 Å². The molecule has 0 fully saturated rings. The second-order valence-electron chi connectivity index (χ2n) is 8.91. The normalized spacial score (nSPS) is 17.5. The van der Waals surface area contributed by atoms with Gasteiger partial charge in [0.2, 0.25) is 0 Å². The van der Waals surface area contributed by atoms with Crippen molar-refractivity contribution < 1.29 is 14.6 Å². The molecule has 7 heteroatoms. The highest BCUT2D eigenvalue weighted by molar-refractivity contribution is 6.00. The lowest BCUT2D eigenvalue weighted by atomic mass is 9.95. The Morgan fingerprint density at radius 2 is 2.06 bits per heavy atom. The summed E-state index contributed by atoms with van der Waals surface area (Å²) in [5.74, 6) is 5.30. The summed E-state index contributed by atoms with van der Waals surface area (Å²) in [5.41, 5.74) is 7.88. The number of carbonyl (C=O) groups excluding carboxylic acids is 1. The van der Waals surface area contributed by atoms with Crippen molar-refractivity contribution in [2.45, 2.75) is 32.3 Å². The summed E-state index contributed by atoms with van der Waals surface area (Å²) in [6.45, 7) is 12.9. The highest BCUT2D eigenvalue weighted by Gasteiger charge is 2.30. The van der Waals surface area contributed by atoms with Crippen molar-refractivity contribution in [3.8, 4) is 5.75 Å². The molecule has 0 saturated carbocycles. The molecule has 4 N–H and O–H groups in total. The van der Waals surface area contributed by atoms with Gasteiger partial charge in [-0.15, -0.1) is 0 Å². The highest BCUT2D eigenvalue weighted by Crippen LogP contribution is 2.36. The van der Waals surface area contributed by atoms with E-state index in [2.05, 4.69) is 49.7 Å². The molecule has 1 aromatic rings. The zero-order valence-electron chi connectivity index (χ0n) is 20.0. The van der Waals surface area contributed by atoms with Gasteiger partial charge in [-0.25, -0.2) is 0 Å². The lowest BCUT2D eigenvalue weighted by molar-refractivity contribution is 0.0753. The van der Waals surface area contributed by atoms with E-state index >= 15 is 0 Å². The number of nitrogens with zero attached hydrogens (tertiary/aromatic N) is 2. The molecule has 1 amide bonds. The van der Waals surface area contributed by atoms with E-state index in [4.69, 9.17) is 10.6 Å². The topological polar surface area (TPSA) is 91.1 Å². The Morgan fingerprint density at radius 1 is 1.30 bits per heavy atom. The van der Waals surface area contributed by atoms with E-state index in [9.17, 15) is 9.90 Å². The maximum Gasteiger partial charge on any atom is 0.258 e. The second kappa shape index (κ2) is 10.8. The van der Waals surface area contributed by atoms with Crippen LogP contribution in [0.2, 0.25) is 0 Å². The van der Waals surface area contributed by atoms with Crippen molar-refractivity contribution in [3.63, 3.8) is 0 Å². The molecule has 1 aliphatic heterocycles. The SMILES string of the molecule is C=C(CC)C(=C)c1cc(C(=O)N2CC3=C(CC(OCCCN(C)C)C=C3)C2)c(O)cc1NN. The Kier molecular flexibility index (Phi) is 8.13. The molecule has 178 valence electrons. The van der Waals surface area contributed by atoms with E-state index < -0.39 is 0 Å². The molecular weight excluding hydrogens is 416 g/mol. The van der Waals surface area contributed by atoms with Gasteiger partial charge in [0.15, 0.2) is 0 Å². The molecule has 0 aromatic heterocycles. The van der Waals surface area contributed by atoms with Crippen LogP contribution in [0.5, 0.6) is 5.75 Å². The van der Waals surface area contributed by atoms with E-state index in [-0.39, 0.29) is 23.3 Å². The Morgan fingerprint density at radius 3 is 2.73 bits per heavy atom. The summed E-state index contributed by atoms with van der Waals surface area (Å²) in [6.07, 6.45) is 6.69. The van der Waals surface area contributed by atoms with Gasteiger partial charge in [-0.05, 0) is 61.8 Å². The monoisotopic (exact) mass is 452 g/mol. The minimum Gasteiger partial charge on any atom is -0.507 e. The van der Waals surface area contributed by atoms with E-state index in [1.165, 1.54) is 11.6 Å². The van der Waals surface area contributed by atoms with Crippen LogP contribution in [0, 0.1) is 0 Å². The third-order valence-corrected chi connectivity index (χ3v) is 6.23. The Labute approximate surface area is 196 Å². The van der Waals surface area contributed by atoms with Crippen molar-refractivity contribution in [3.05, 3.63) is 65.3 Å². The maximum atomic E-state index is 13.4. The minimum absolute atomic E-state index is 0.0410. The number of amides is 1. The number of hydrogen-bond donors (Lipinski definition) is 3. The first-order valence-electron chi connectivity index (χ1n) is 11.4. The number of aromatic hydroxyl groups is 1. The van der Waals surface area contributed by atoms with Gasteiger partial charge in [0.05, 0.1) is 17.4 Å². The number of nitrogen functional groups attached to an aromatic ring is 1. The molecule has 1 aliphatic carbocycles. The number of carbonyl (C=O) groups is 1. The molecule has 0 bridgehead atoms. The summed E-state index contributed by atoms with van der Waals surface area (Å²) >= 11 is 0. The average molecular weight is 453 g/mol. The Hall–Kier alpha value is -2.87. The van der Waals surface area contributed by atoms with Gasteiger partial charge in [0.25, 0.3) is 5.91 Å². The van der Waals surface area contributed by atoms with Crippen LogP contribution in [0.25, 0.3) is 5.57 Å². The van der Waals surface area contributed by atoms with Crippen molar-refractivity contribution in [2.24, 2.45) is 5.84 Å². The number of hydrazine groups is 1. The molecule has 0 spiro atoms. The average Bonchev–Trinajstić information content (AvgIpc) is 3.23. The number of nitrogens with one attached hydrogen (secondary N) is 1. The number of benzene rings is 1. The molecule has 0 radical (unpaired) electrons. The number of anilines is 1. The standard InChI is InChI=1S/C26H36N4O3/c1-6-17(2)18(3)22-13-23(25(31)14-24(22)28-27)26(32)30-15-19-8-9-21(12-20(19)16-30)33-11-7-10-29(4)5/h8-9,13-14,21,28,31H,2-3,6-7,10-12,15-16,27H2,1,4-5H3. The molecule has 2 aliphatic rings. The van der Waals surface area contributed by atoms with Gasteiger partial charge in [0, 0.05) is 37.7 Å². The number of phenols is 1. The van der Waals surface area contributed by atoms with Gasteiger partial charge < -0.3 is 25.1 Å².